The van der Waals surface area contributed by atoms with Gasteiger partial charge in [-0.3, -0.25) is 9.59 Å². The van der Waals surface area contributed by atoms with Gasteiger partial charge in [-0.25, -0.2) is 4.79 Å². The molecule has 1 aliphatic carbocycles. The highest BCUT2D eigenvalue weighted by Gasteiger charge is 2.46. The van der Waals surface area contributed by atoms with Crippen LogP contribution < -0.4 is 10.2 Å². The largest absolute Gasteiger partial charge is 0.467 e. The Balaban J connectivity index is 1.72. The molecule has 0 bridgehead atoms. The predicted octanol–water partition coefficient (Wildman–Crippen LogP) is 2.76. The van der Waals surface area contributed by atoms with Crippen LogP contribution in [0.5, 0.6) is 0 Å². The smallest absolute Gasteiger partial charge is 0.331 e. The number of benzene rings is 1. The average Bonchev–Trinajstić information content (AvgIpc) is 3.28. The number of methoxy groups -OCH3 is 1. The molecule has 27 heavy (non-hydrogen) atoms. The van der Waals surface area contributed by atoms with Gasteiger partial charge >= 0.3 is 5.97 Å². The maximum Gasteiger partial charge on any atom is 0.331 e. The Kier molecular flexibility index (Phi) is 5.53. The minimum Gasteiger partial charge on any atom is -0.467 e. The topological polar surface area (TPSA) is 75.7 Å². The number of hydrogen-bond donors (Lipinski definition) is 1. The van der Waals surface area contributed by atoms with E-state index in [-0.39, 0.29) is 24.2 Å². The molecule has 1 saturated carbocycles. The molecule has 1 atom stereocenters. The highest BCUT2D eigenvalue weighted by atomic mass is 16.5. The standard InChI is InChI=1S/C21H28N2O4/c1-14(2)15-7-6-8-17(11-15)23-13-16(12-18(23)24)19(25)22-21(20(26)27-3)9-4-5-10-21/h6-8,11,14,16H,4-5,9-10,12-13H2,1-3H3,(H,22,25). The first-order valence-electron chi connectivity index (χ1n) is 9.67. The van der Waals surface area contributed by atoms with Crippen molar-refractivity contribution in [2.24, 2.45) is 5.92 Å². The molecular weight excluding hydrogens is 344 g/mol. The quantitative estimate of drug-likeness (QED) is 0.807. The average molecular weight is 372 g/mol. The molecule has 1 aromatic carbocycles. The lowest BCUT2D eigenvalue weighted by atomic mass is 9.96. The van der Waals surface area contributed by atoms with Gasteiger partial charge < -0.3 is 15.0 Å². The van der Waals surface area contributed by atoms with Gasteiger partial charge in [0.25, 0.3) is 0 Å². The summed E-state index contributed by atoms with van der Waals surface area (Å²) in [7, 11) is 1.34. The van der Waals surface area contributed by atoms with E-state index in [1.54, 1.807) is 4.90 Å². The van der Waals surface area contributed by atoms with Crippen LogP contribution in [-0.2, 0) is 19.1 Å². The molecule has 2 aliphatic rings. The first kappa shape index (κ1) is 19.4. The molecule has 6 heteroatoms. The zero-order valence-corrected chi connectivity index (χ0v) is 16.3. The Labute approximate surface area is 160 Å². The van der Waals surface area contributed by atoms with Crippen LogP contribution in [0.2, 0.25) is 0 Å². The maximum atomic E-state index is 12.8. The molecule has 3 rings (SSSR count). The number of rotatable bonds is 5. The molecule has 0 aromatic heterocycles. The van der Waals surface area contributed by atoms with E-state index >= 15 is 0 Å². The van der Waals surface area contributed by atoms with Gasteiger partial charge in [0.2, 0.25) is 11.8 Å². The number of anilines is 1. The number of esters is 1. The van der Waals surface area contributed by atoms with Crippen LogP contribution in [0.3, 0.4) is 0 Å². The van der Waals surface area contributed by atoms with Gasteiger partial charge in [-0.2, -0.15) is 0 Å². The molecule has 6 nitrogen and oxygen atoms in total. The summed E-state index contributed by atoms with van der Waals surface area (Å²) in [5.74, 6) is -0.779. The molecule has 1 N–H and O–H groups in total. The van der Waals surface area contributed by atoms with E-state index in [4.69, 9.17) is 4.74 Å². The molecule has 1 aromatic rings. The Morgan fingerprint density at radius 2 is 1.96 bits per heavy atom. The zero-order valence-electron chi connectivity index (χ0n) is 16.3. The number of carbonyl (C=O) groups is 3. The minimum atomic E-state index is -0.931. The summed E-state index contributed by atoms with van der Waals surface area (Å²) >= 11 is 0. The molecule has 1 saturated heterocycles. The van der Waals surface area contributed by atoms with E-state index in [1.165, 1.54) is 7.11 Å². The first-order valence-corrected chi connectivity index (χ1v) is 9.67. The highest BCUT2D eigenvalue weighted by Crippen LogP contribution is 2.33. The molecular formula is C21H28N2O4. The number of nitrogens with zero attached hydrogens (tertiary/aromatic N) is 1. The molecule has 2 amide bonds. The van der Waals surface area contributed by atoms with Crippen LogP contribution >= 0.6 is 0 Å². The van der Waals surface area contributed by atoms with Gasteiger partial charge in [0.05, 0.1) is 13.0 Å². The van der Waals surface area contributed by atoms with E-state index in [0.29, 0.717) is 25.3 Å². The number of carbonyl (C=O) groups excluding carboxylic acids is 3. The van der Waals surface area contributed by atoms with Gasteiger partial charge in [0.15, 0.2) is 0 Å². The number of amides is 2. The fourth-order valence-electron chi connectivity index (χ4n) is 4.08. The molecule has 146 valence electrons. The van der Waals surface area contributed by atoms with Crippen molar-refractivity contribution in [1.82, 2.24) is 5.32 Å². The fraction of sp³-hybridized carbons (Fsp3) is 0.571. The van der Waals surface area contributed by atoms with Crippen LogP contribution in [0.1, 0.15) is 57.4 Å². The van der Waals surface area contributed by atoms with Gasteiger partial charge in [-0.05, 0) is 36.5 Å². The third-order valence-corrected chi connectivity index (χ3v) is 5.74. The van der Waals surface area contributed by atoms with E-state index < -0.39 is 11.5 Å². The molecule has 1 unspecified atom stereocenters. The Morgan fingerprint density at radius 1 is 1.26 bits per heavy atom. The fourth-order valence-corrected chi connectivity index (χ4v) is 4.08. The second-order valence-electron chi connectivity index (χ2n) is 7.93. The number of hydrogen-bond acceptors (Lipinski definition) is 4. The minimum absolute atomic E-state index is 0.0606. The van der Waals surface area contributed by atoms with Crippen molar-refractivity contribution in [2.75, 3.05) is 18.6 Å². The summed E-state index contributed by atoms with van der Waals surface area (Å²) < 4.78 is 4.92. The Morgan fingerprint density at radius 3 is 2.59 bits per heavy atom. The molecule has 0 radical (unpaired) electrons. The van der Waals surface area contributed by atoms with E-state index in [2.05, 4.69) is 19.2 Å². The Hall–Kier alpha value is -2.37. The SMILES string of the molecule is COC(=O)C1(NC(=O)C2CC(=O)N(c3cccc(C(C)C)c3)C2)CCCC1. The monoisotopic (exact) mass is 372 g/mol. The molecule has 1 aliphatic heterocycles. The van der Waals surface area contributed by atoms with E-state index in [9.17, 15) is 14.4 Å². The van der Waals surface area contributed by atoms with Crippen molar-refractivity contribution in [2.45, 2.75) is 57.4 Å². The summed E-state index contributed by atoms with van der Waals surface area (Å²) in [6.07, 6.45) is 3.10. The lowest BCUT2D eigenvalue weighted by Crippen LogP contribution is -2.54. The normalized spacial score (nSPS) is 21.6. The van der Waals surface area contributed by atoms with Crippen LogP contribution in [0, 0.1) is 5.92 Å². The lowest BCUT2D eigenvalue weighted by molar-refractivity contribution is -0.151. The summed E-state index contributed by atoms with van der Waals surface area (Å²) in [5.41, 5.74) is 1.05. The zero-order chi connectivity index (χ0) is 19.6. The summed E-state index contributed by atoms with van der Waals surface area (Å²) in [6, 6.07) is 7.89. The van der Waals surface area contributed by atoms with Crippen molar-refractivity contribution in [3.8, 4) is 0 Å². The van der Waals surface area contributed by atoms with Crippen LogP contribution in [0.4, 0.5) is 5.69 Å². The van der Waals surface area contributed by atoms with Crippen molar-refractivity contribution >= 4 is 23.5 Å². The maximum absolute atomic E-state index is 12.8. The van der Waals surface area contributed by atoms with Crippen molar-refractivity contribution in [3.63, 3.8) is 0 Å². The van der Waals surface area contributed by atoms with Gasteiger partial charge in [-0.15, -0.1) is 0 Å². The van der Waals surface area contributed by atoms with Crippen LogP contribution in [-0.4, -0.2) is 37.0 Å². The van der Waals surface area contributed by atoms with E-state index in [1.807, 2.05) is 24.3 Å². The second kappa shape index (κ2) is 7.71. The van der Waals surface area contributed by atoms with Crippen molar-refractivity contribution in [1.29, 1.82) is 0 Å². The predicted molar refractivity (Wildman–Crippen MR) is 102 cm³/mol. The van der Waals surface area contributed by atoms with Gasteiger partial charge in [0.1, 0.15) is 5.54 Å². The van der Waals surface area contributed by atoms with Crippen molar-refractivity contribution < 1.29 is 19.1 Å². The van der Waals surface area contributed by atoms with Gasteiger partial charge in [0, 0.05) is 18.7 Å². The third-order valence-electron chi connectivity index (χ3n) is 5.74. The molecule has 0 spiro atoms. The number of nitrogens with one attached hydrogen (secondary N) is 1. The van der Waals surface area contributed by atoms with Gasteiger partial charge in [-0.1, -0.05) is 38.8 Å². The molecule has 1 heterocycles. The van der Waals surface area contributed by atoms with Crippen LogP contribution in [0.25, 0.3) is 0 Å². The summed E-state index contributed by atoms with van der Waals surface area (Å²) in [5, 5.41) is 2.91. The summed E-state index contributed by atoms with van der Waals surface area (Å²) in [4.78, 5) is 39.3. The second-order valence-corrected chi connectivity index (χ2v) is 7.93. The van der Waals surface area contributed by atoms with E-state index in [0.717, 1.165) is 24.1 Å². The first-order chi connectivity index (χ1) is 12.9. The molecule has 2 fully saturated rings. The highest BCUT2D eigenvalue weighted by molar-refractivity contribution is 6.01. The Bertz CT molecular complexity index is 737. The van der Waals surface area contributed by atoms with Crippen LogP contribution in [0.15, 0.2) is 24.3 Å². The number of ether oxygens (including phenoxy) is 1. The third kappa shape index (κ3) is 3.84. The summed E-state index contributed by atoms with van der Waals surface area (Å²) in [6.45, 7) is 4.55. The lowest BCUT2D eigenvalue weighted by Gasteiger charge is -2.28. The van der Waals surface area contributed by atoms with Crippen molar-refractivity contribution in [3.05, 3.63) is 29.8 Å².